The van der Waals surface area contributed by atoms with Crippen LogP contribution in [0.1, 0.15) is 28.8 Å². The van der Waals surface area contributed by atoms with Crippen molar-refractivity contribution in [2.24, 2.45) is 4.40 Å². The maximum absolute atomic E-state index is 12.6. The van der Waals surface area contributed by atoms with E-state index in [0.29, 0.717) is 17.8 Å². The van der Waals surface area contributed by atoms with Crippen molar-refractivity contribution in [3.8, 4) is 0 Å². The molecule has 1 saturated heterocycles. The Balaban J connectivity index is 1.83. The number of amidine groups is 1. The van der Waals surface area contributed by atoms with E-state index in [-0.39, 0.29) is 21.0 Å². The second-order valence-corrected chi connectivity index (χ2v) is 10.2. The molecule has 0 saturated carbocycles. The fraction of sp³-hybridized carbons (Fsp3) is 0.263. The predicted molar refractivity (Wildman–Crippen MR) is 112 cm³/mol. The first kappa shape index (κ1) is 21.8. The van der Waals surface area contributed by atoms with Crippen LogP contribution in [0.2, 0.25) is 0 Å². The third-order valence-corrected chi connectivity index (χ3v) is 7.41. The molecular formula is C19H21N3O6S2. The van der Waals surface area contributed by atoms with Gasteiger partial charge in [0.1, 0.15) is 5.84 Å². The van der Waals surface area contributed by atoms with Crippen molar-refractivity contribution in [2.75, 3.05) is 18.3 Å². The van der Waals surface area contributed by atoms with Gasteiger partial charge in [-0.2, -0.15) is 8.42 Å². The lowest BCUT2D eigenvalue weighted by Gasteiger charge is -2.12. The number of nitrogens with one attached hydrogen (secondary N) is 1. The summed E-state index contributed by atoms with van der Waals surface area (Å²) in [6.07, 6.45) is 1.43. The molecule has 0 atom stereocenters. The number of hydrogen-bond donors (Lipinski definition) is 2. The van der Waals surface area contributed by atoms with Crippen LogP contribution in [-0.4, -0.2) is 52.2 Å². The number of anilines is 1. The maximum atomic E-state index is 12.6. The summed E-state index contributed by atoms with van der Waals surface area (Å²) >= 11 is 0. The zero-order valence-electron chi connectivity index (χ0n) is 16.4. The van der Waals surface area contributed by atoms with Crippen LogP contribution in [0.5, 0.6) is 0 Å². The SMILES string of the molecule is Cc1ccc(S(=O)(=O)Nc2ccc(S(=O)(=O)/N=C3/CCCN3C)cc2)cc1C(=O)O. The van der Waals surface area contributed by atoms with Gasteiger partial charge in [-0.3, -0.25) is 4.72 Å². The van der Waals surface area contributed by atoms with E-state index in [1.807, 2.05) is 0 Å². The summed E-state index contributed by atoms with van der Waals surface area (Å²) in [5.41, 5.74) is 0.456. The summed E-state index contributed by atoms with van der Waals surface area (Å²) in [7, 11) is -6.18. The van der Waals surface area contributed by atoms with Crippen molar-refractivity contribution in [2.45, 2.75) is 29.6 Å². The minimum Gasteiger partial charge on any atom is -0.478 e. The summed E-state index contributed by atoms with van der Waals surface area (Å²) < 4.78 is 56.3. The highest BCUT2D eigenvalue weighted by Crippen LogP contribution is 2.22. The number of hydrogen-bond acceptors (Lipinski definition) is 5. The molecule has 3 rings (SSSR count). The van der Waals surface area contributed by atoms with Gasteiger partial charge in [0.2, 0.25) is 0 Å². The Bertz CT molecular complexity index is 1220. The van der Waals surface area contributed by atoms with E-state index >= 15 is 0 Å². The fourth-order valence-electron chi connectivity index (χ4n) is 3.01. The number of carboxylic acids is 1. The zero-order chi connectivity index (χ0) is 22.1. The highest BCUT2D eigenvalue weighted by molar-refractivity contribution is 7.92. The topological polar surface area (TPSA) is 133 Å². The van der Waals surface area contributed by atoms with Crippen LogP contribution in [0.25, 0.3) is 0 Å². The summed E-state index contributed by atoms with van der Waals surface area (Å²) in [4.78, 5) is 12.8. The first-order valence-corrected chi connectivity index (χ1v) is 11.9. The summed E-state index contributed by atoms with van der Waals surface area (Å²) in [6.45, 7) is 2.32. The normalized spacial score (nSPS) is 16.1. The van der Waals surface area contributed by atoms with E-state index in [2.05, 4.69) is 9.12 Å². The first-order chi connectivity index (χ1) is 14.0. The first-order valence-electron chi connectivity index (χ1n) is 9.01. The van der Waals surface area contributed by atoms with Crippen LogP contribution >= 0.6 is 0 Å². The van der Waals surface area contributed by atoms with Crippen LogP contribution in [0.3, 0.4) is 0 Å². The van der Waals surface area contributed by atoms with Crippen LogP contribution in [0.4, 0.5) is 5.69 Å². The van der Waals surface area contributed by atoms with Crippen LogP contribution < -0.4 is 4.72 Å². The molecule has 30 heavy (non-hydrogen) atoms. The van der Waals surface area contributed by atoms with Crippen molar-refractivity contribution in [1.82, 2.24) is 4.90 Å². The van der Waals surface area contributed by atoms with E-state index in [0.717, 1.165) is 19.0 Å². The molecule has 2 N–H and O–H groups in total. The fourth-order valence-corrected chi connectivity index (χ4v) is 5.19. The number of rotatable bonds is 6. The van der Waals surface area contributed by atoms with E-state index in [1.165, 1.54) is 36.4 Å². The molecule has 2 aromatic rings. The Morgan fingerprint density at radius 2 is 1.70 bits per heavy atom. The molecule has 0 amide bonds. The highest BCUT2D eigenvalue weighted by Gasteiger charge is 2.21. The minimum atomic E-state index is -4.06. The molecule has 0 spiro atoms. The molecule has 0 aromatic heterocycles. The van der Waals surface area contributed by atoms with Crippen molar-refractivity contribution in [3.05, 3.63) is 53.6 Å². The van der Waals surface area contributed by atoms with Gasteiger partial charge in [-0.15, -0.1) is 4.40 Å². The smallest absolute Gasteiger partial charge is 0.335 e. The second-order valence-electron chi connectivity index (χ2n) is 6.92. The third kappa shape index (κ3) is 4.62. The Kier molecular flexibility index (Phi) is 5.86. The van der Waals surface area contributed by atoms with Crippen molar-refractivity contribution in [3.63, 3.8) is 0 Å². The Labute approximate surface area is 175 Å². The number of nitrogens with zero attached hydrogens (tertiary/aromatic N) is 2. The Morgan fingerprint density at radius 3 is 2.27 bits per heavy atom. The van der Waals surface area contributed by atoms with Crippen LogP contribution in [0.15, 0.2) is 56.7 Å². The molecule has 9 nitrogen and oxygen atoms in total. The molecule has 0 unspecified atom stereocenters. The number of likely N-dealkylation sites (tertiary alicyclic amines) is 1. The monoisotopic (exact) mass is 451 g/mol. The highest BCUT2D eigenvalue weighted by atomic mass is 32.2. The number of carbonyl (C=O) groups is 1. The van der Waals surface area contributed by atoms with Gasteiger partial charge < -0.3 is 10.0 Å². The average molecular weight is 452 g/mol. The van der Waals surface area contributed by atoms with Gasteiger partial charge in [0, 0.05) is 25.7 Å². The van der Waals surface area contributed by atoms with Crippen molar-refractivity contribution >= 4 is 37.5 Å². The van der Waals surface area contributed by atoms with Gasteiger partial charge in [-0.05, 0) is 55.3 Å². The zero-order valence-corrected chi connectivity index (χ0v) is 18.0. The van der Waals surface area contributed by atoms with Crippen molar-refractivity contribution < 1.29 is 26.7 Å². The van der Waals surface area contributed by atoms with E-state index in [9.17, 15) is 26.7 Å². The Morgan fingerprint density at radius 1 is 1.07 bits per heavy atom. The molecular weight excluding hydrogens is 430 g/mol. The maximum Gasteiger partial charge on any atom is 0.335 e. The molecule has 0 bridgehead atoms. The molecule has 1 heterocycles. The van der Waals surface area contributed by atoms with E-state index < -0.39 is 26.0 Å². The van der Waals surface area contributed by atoms with Gasteiger partial charge in [0.15, 0.2) is 0 Å². The van der Waals surface area contributed by atoms with Gasteiger partial charge in [0.25, 0.3) is 20.0 Å². The lowest BCUT2D eigenvalue weighted by Crippen LogP contribution is -2.20. The molecule has 1 fully saturated rings. The quantitative estimate of drug-likeness (QED) is 0.688. The largest absolute Gasteiger partial charge is 0.478 e. The lowest BCUT2D eigenvalue weighted by molar-refractivity contribution is 0.0696. The molecule has 0 aliphatic carbocycles. The number of sulfonamides is 2. The number of aryl methyl sites for hydroxylation is 1. The average Bonchev–Trinajstić information content (AvgIpc) is 3.05. The van der Waals surface area contributed by atoms with Gasteiger partial charge in [-0.1, -0.05) is 6.07 Å². The summed E-state index contributed by atoms with van der Waals surface area (Å²) in [5.74, 6) is -0.734. The second kappa shape index (κ2) is 8.07. The van der Waals surface area contributed by atoms with E-state index in [1.54, 1.807) is 18.9 Å². The van der Waals surface area contributed by atoms with Crippen LogP contribution in [0, 0.1) is 6.92 Å². The summed E-state index contributed by atoms with van der Waals surface area (Å²) in [5, 5.41) is 9.18. The molecule has 0 radical (unpaired) electrons. The minimum absolute atomic E-state index is 0.0539. The molecule has 2 aromatic carbocycles. The Hall–Kier alpha value is -2.92. The predicted octanol–water partition coefficient (Wildman–Crippen LogP) is 2.31. The van der Waals surface area contributed by atoms with Gasteiger partial charge in [0.05, 0.1) is 15.4 Å². The van der Waals surface area contributed by atoms with E-state index in [4.69, 9.17) is 0 Å². The standard InChI is InChI=1S/C19H21N3O6S2/c1-13-5-8-16(12-17(13)19(23)24)30(27,28)20-14-6-9-15(10-7-14)29(25,26)21-18-4-3-11-22(18)2/h5-10,12,20H,3-4,11H2,1-2H3,(H,23,24)/b21-18-. The molecule has 1 aliphatic heterocycles. The number of aromatic carboxylic acids is 1. The summed E-state index contributed by atoms with van der Waals surface area (Å²) in [6, 6.07) is 8.95. The third-order valence-electron chi connectivity index (χ3n) is 4.71. The number of benzene rings is 2. The van der Waals surface area contributed by atoms with Gasteiger partial charge >= 0.3 is 5.97 Å². The lowest BCUT2D eigenvalue weighted by atomic mass is 10.1. The molecule has 160 valence electrons. The number of carboxylic acid groups (broad SMARTS) is 1. The van der Waals surface area contributed by atoms with Crippen molar-refractivity contribution in [1.29, 1.82) is 0 Å². The molecule has 1 aliphatic rings. The van der Waals surface area contributed by atoms with Crippen LogP contribution in [-0.2, 0) is 20.0 Å². The molecule has 11 heteroatoms. The van der Waals surface area contributed by atoms with Gasteiger partial charge in [-0.25, -0.2) is 13.2 Å².